The Morgan fingerprint density at radius 2 is 1.33 bits per heavy atom. The molecule has 3 aromatic rings. The number of thioether (sulfide) groups is 1. The summed E-state index contributed by atoms with van der Waals surface area (Å²) in [4.78, 5) is 0. The van der Waals surface area contributed by atoms with Crippen LogP contribution in [0.25, 0.3) is 0 Å². The van der Waals surface area contributed by atoms with Gasteiger partial charge in [-0.3, -0.25) is 13.0 Å². The maximum Gasteiger partial charge on any atom is 0.220 e. The predicted octanol–water partition coefficient (Wildman–Crippen LogP) is 5.15. The van der Waals surface area contributed by atoms with Crippen LogP contribution >= 0.6 is 20.1 Å². The summed E-state index contributed by atoms with van der Waals surface area (Å²) < 4.78 is 7.14. The second-order valence-corrected chi connectivity index (χ2v) is 9.54. The van der Waals surface area contributed by atoms with E-state index < -0.39 is 8.37 Å². The van der Waals surface area contributed by atoms with E-state index in [1.54, 1.807) is 0 Å². The van der Waals surface area contributed by atoms with Gasteiger partial charge in [-0.05, 0) is 36.4 Å². The molecule has 0 spiro atoms. The normalized spacial score (nSPS) is 12.2. The maximum atomic E-state index is 2.38. The summed E-state index contributed by atoms with van der Waals surface area (Å²) in [5.41, 5.74) is 0. The standard InChI is InChI=1S/C16H20N3PS/c1-16(2,3)21-15-9-8-14-19(15)20(17-10-4-5-11-17)18-12-6-7-13-18/h4-14H,1-3H3. The average molecular weight is 317 g/mol. The Morgan fingerprint density at radius 3 is 1.81 bits per heavy atom. The van der Waals surface area contributed by atoms with E-state index in [0.29, 0.717) is 0 Å². The fourth-order valence-electron chi connectivity index (χ4n) is 2.13. The largest absolute Gasteiger partial charge is 0.298 e. The molecular formula is C16H20N3PS. The Hall–Kier alpha value is -1.38. The molecule has 110 valence electrons. The minimum atomic E-state index is -0.679. The molecule has 0 aliphatic carbocycles. The zero-order chi connectivity index (χ0) is 14.9. The van der Waals surface area contributed by atoms with Gasteiger partial charge in [0.1, 0.15) is 0 Å². The highest BCUT2D eigenvalue weighted by atomic mass is 32.2. The summed E-state index contributed by atoms with van der Waals surface area (Å²) in [6.45, 7) is 6.76. The minimum Gasteiger partial charge on any atom is -0.298 e. The molecule has 0 atom stereocenters. The van der Waals surface area contributed by atoms with Crippen molar-refractivity contribution in [2.45, 2.75) is 30.5 Å². The molecule has 3 heterocycles. The number of rotatable bonds is 4. The molecule has 0 aliphatic heterocycles. The topological polar surface area (TPSA) is 14.8 Å². The monoisotopic (exact) mass is 317 g/mol. The van der Waals surface area contributed by atoms with Crippen molar-refractivity contribution in [3.05, 3.63) is 67.4 Å². The fraction of sp³-hybridized carbons (Fsp3) is 0.250. The zero-order valence-corrected chi connectivity index (χ0v) is 14.3. The zero-order valence-electron chi connectivity index (χ0n) is 12.5. The van der Waals surface area contributed by atoms with Crippen LogP contribution in [0.1, 0.15) is 20.8 Å². The Labute approximate surface area is 131 Å². The van der Waals surface area contributed by atoms with E-state index >= 15 is 0 Å². The Morgan fingerprint density at radius 1 is 0.810 bits per heavy atom. The van der Waals surface area contributed by atoms with Gasteiger partial charge in [-0.15, -0.1) is 11.8 Å². The van der Waals surface area contributed by atoms with Crippen molar-refractivity contribution in [1.29, 1.82) is 0 Å². The second kappa shape index (κ2) is 5.78. The lowest BCUT2D eigenvalue weighted by Crippen LogP contribution is -2.11. The van der Waals surface area contributed by atoms with E-state index in [1.807, 2.05) is 11.8 Å². The number of hydrogen-bond donors (Lipinski definition) is 0. The van der Waals surface area contributed by atoms with Crippen molar-refractivity contribution >= 4 is 20.1 Å². The second-order valence-electron chi connectivity index (χ2n) is 5.80. The summed E-state index contributed by atoms with van der Waals surface area (Å²) >= 11 is 1.91. The molecule has 21 heavy (non-hydrogen) atoms. The van der Waals surface area contributed by atoms with Gasteiger partial charge in [-0.1, -0.05) is 20.8 Å². The van der Waals surface area contributed by atoms with Crippen molar-refractivity contribution in [1.82, 2.24) is 13.0 Å². The van der Waals surface area contributed by atoms with Crippen LogP contribution < -0.4 is 0 Å². The van der Waals surface area contributed by atoms with Gasteiger partial charge in [0.05, 0.1) is 5.03 Å². The first-order chi connectivity index (χ1) is 10.0. The lowest BCUT2D eigenvalue weighted by molar-refractivity contribution is 0.797. The molecule has 0 amide bonds. The molecule has 0 aromatic carbocycles. The Bertz CT molecular complexity index is 643. The van der Waals surface area contributed by atoms with Gasteiger partial charge < -0.3 is 0 Å². The van der Waals surface area contributed by atoms with Crippen LogP contribution in [-0.2, 0) is 0 Å². The summed E-state index contributed by atoms with van der Waals surface area (Å²) in [5, 5.41) is 1.30. The first-order valence-electron chi connectivity index (χ1n) is 6.98. The molecule has 0 aliphatic rings. The molecule has 3 rings (SSSR count). The molecule has 0 radical (unpaired) electrons. The van der Waals surface area contributed by atoms with Gasteiger partial charge in [0.2, 0.25) is 8.37 Å². The summed E-state index contributed by atoms with van der Waals surface area (Å²) in [6.07, 6.45) is 10.7. The SMILES string of the molecule is CC(C)(C)Sc1cccn1P(n1cccc1)n1cccc1. The van der Waals surface area contributed by atoms with Crippen LogP contribution in [0.4, 0.5) is 0 Å². The van der Waals surface area contributed by atoms with E-state index in [-0.39, 0.29) is 4.75 Å². The molecule has 0 N–H and O–H groups in total. The van der Waals surface area contributed by atoms with Crippen molar-refractivity contribution in [3.8, 4) is 0 Å². The third kappa shape index (κ3) is 3.28. The fourth-order valence-corrected chi connectivity index (χ4v) is 5.31. The van der Waals surface area contributed by atoms with Gasteiger partial charge in [-0.2, -0.15) is 0 Å². The molecule has 0 saturated carbocycles. The van der Waals surface area contributed by atoms with Crippen molar-refractivity contribution in [2.24, 2.45) is 0 Å². The van der Waals surface area contributed by atoms with Gasteiger partial charge in [0, 0.05) is 35.7 Å². The molecule has 0 saturated heterocycles. The lowest BCUT2D eigenvalue weighted by atomic mass is 10.3. The first kappa shape index (κ1) is 14.6. The van der Waals surface area contributed by atoms with Gasteiger partial charge in [0.25, 0.3) is 0 Å². The van der Waals surface area contributed by atoms with Gasteiger partial charge in [0.15, 0.2) is 0 Å². The summed E-state index contributed by atoms with van der Waals surface area (Å²) in [6, 6.07) is 12.7. The van der Waals surface area contributed by atoms with Crippen LogP contribution in [0.5, 0.6) is 0 Å². The smallest absolute Gasteiger partial charge is 0.220 e. The van der Waals surface area contributed by atoms with E-state index in [2.05, 4.69) is 101 Å². The van der Waals surface area contributed by atoms with Crippen LogP contribution in [-0.4, -0.2) is 17.8 Å². The highest BCUT2D eigenvalue weighted by Crippen LogP contribution is 2.46. The molecule has 0 unspecified atom stereocenters. The number of hydrogen-bond acceptors (Lipinski definition) is 1. The summed E-state index contributed by atoms with van der Waals surface area (Å²) in [5.74, 6) is 0. The van der Waals surface area contributed by atoms with Crippen molar-refractivity contribution in [3.63, 3.8) is 0 Å². The molecule has 5 heteroatoms. The van der Waals surface area contributed by atoms with Gasteiger partial charge in [-0.25, -0.2) is 0 Å². The van der Waals surface area contributed by atoms with Crippen molar-refractivity contribution < 1.29 is 0 Å². The van der Waals surface area contributed by atoms with Gasteiger partial charge >= 0.3 is 0 Å². The number of aromatic nitrogens is 3. The van der Waals surface area contributed by atoms with Crippen LogP contribution in [0.3, 0.4) is 0 Å². The molecule has 0 fully saturated rings. The third-order valence-corrected chi connectivity index (χ3v) is 6.27. The molecule has 3 aromatic heterocycles. The van der Waals surface area contributed by atoms with Crippen LogP contribution in [0, 0.1) is 0 Å². The highest BCUT2D eigenvalue weighted by Gasteiger charge is 2.21. The van der Waals surface area contributed by atoms with E-state index in [4.69, 9.17) is 0 Å². The van der Waals surface area contributed by atoms with Crippen LogP contribution in [0.15, 0.2) is 72.4 Å². The van der Waals surface area contributed by atoms with Crippen molar-refractivity contribution in [2.75, 3.05) is 0 Å². The van der Waals surface area contributed by atoms with E-state index in [0.717, 1.165) is 0 Å². The van der Waals surface area contributed by atoms with E-state index in [1.165, 1.54) is 5.03 Å². The van der Waals surface area contributed by atoms with E-state index in [9.17, 15) is 0 Å². The average Bonchev–Trinajstić information content (AvgIpc) is 3.12. The quantitative estimate of drug-likeness (QED) is 0.479. The highest BCUT2D eigenvalue weighted by molar-refractivity contribution is 8.00. The summed E-state index contributed by atoms with van der Waals surface area (Å²) in [7, 11) is -0.679. The first-order valence-corrected chi connectivity index (χ1v) is 8.99. The third-order valence-electron chi connectivity index (χ3n) is 2.89. The Kier molecular flexibility index (Phi) is 4.01. The predicted molar refractivity (Wildman–Crippen MR) is 92.0 cm³/mol. The Balaban J connectivity index is 2.04. The maximum absolute atomic E-state index is 2.38. The number of nitrogens with zero attached hydrogens (tertiary/aromatic N) is 3. The minimum absolute atomic E-state index is 0.199. The molecule has 3 nitrogen and oxygen atoms in total. The molecule has 0 bridgehead atoms. The van der Waals surface area contributed by atoms with Crippen LogP contribution in [0.2, 0.25) is 0 Å². The lowest BCUT2D eigenvalue weighted by Gasteiger charge is -2.25. The molecular weight excluding hydrogens is 297 g/mol.